The van der Waals surface area contributed by atoms with Crippen LogP contribution in [0.1, 0.15) is 16.7 Å². The van der Waals surface area contributed by atoms with Gasteiger partial charge in [0, 0.05) is 5.69 Å². The Balaban J connectivity index is 2.15. The van der Waals surface area contributed by atoms with Gasteiger partial charge in [0.1, 0.15) is 0 Å². The number of carbonyl (C=O) groups excluding carboxylic acids is 1. The molecule has 0 saturated heterocycles. The molecule has 122 valence electrons. The fraction of sp³-hybridized carbons (Fsp3) is 0.188. The number of benzene rings is 2. The largest absolute Gasteiger partial charge is 0.416 e. The molecular weight excluding hydrogens is 329 g/mol. The maximum absolute atomic E-state index is 12.7. The summed E-state index contributed by atoms with van der Waals surface area (Å²) in [4.78, 5) is 11.9. The highest BCUT2D eigenvalue weighted by Gasteiger charge is 2.31. The van der Waals surface area contributed by atoms with Gasteiger partial charge in [-0.05, 0) is 55.3 Å². The van der Waals surface area contributed by atoms with Crippen LogP contribution < -0.4 is 10.6 Å². The molecule has 3 nitrogen and oxygen atoms in total. The van der Waals surface area contributed by atoms with Crippen molar-refractivity contribution >= 4 is 29.0 Å². The van der Waals surface area contributed by atoms with Crippen molar-refractivity contribution in [2.75, 3.05) is 10.6 Å². The number of aryl methyl sites for hydroxylation is 2. The molecule has 0 fully saturated rings. The van der Waals surface area contributed by atoms with Crippen molar-refractivity contribution in [2.24, 2.45) is 0 Å². The van der Waals surface area contributed by atoms with Gasteiger partial charge in [0.25, 0.3) is 0 Å². The molecule has 0 aliphatic rings. The Morgan fingerprint density at radius 3 is 2.30 bits per heavy atom. The SMILES string of the molecule is Cc1ccc(NC(=O)Nc2cc(C(F)(F)F)ccc2Cl)cc1C. The second-order valence-corrected chi connectivity index (χ2v) is 5.48. The van der Waals surface area contributed by atoms with Gasteiger partial charge < -0.3 is 10.6 Å². The lowest BCUT2D eigenvalue weighted by Crippen LogP contribution is -2.20. The highest BCUT2D eigenvalue weighted by molar-refractivity contribution is 6.33. The van der Waals surface area contributed by atoms with Gasteiger partial charge in [0.2, 0.25) is 0 Å². The quantitative estimate of drug-likeness (QED) is 0.730. The number of amides is 2. The van der Waals surface area contributed by atoms with Crippen LogP contribution >= 0.6 is 11.6 Å². The van der Waals surface area contributed by atoms with Crippen molar-refractivity contribution < 1.29 is 18.0 Å². The fourth-order valence-corrected chi connectivity index (χ4v) is 2.07. The molecule has 2 rings (SSSR count). The Morgan fingerprint density at radius 1 is 1.00 bits per heavy atom. The molecule has 2 N–H and O–H groups in total. The van der Waals surface area contributed by atoms with Gasteiger partial charge in [-0.1, -0.05) is 17.7 Å². The summed E-state index contributed by atoms with van der Waals surface area (Å²) in [6.07, 6.45) is -4.51. The molecule has 0 unspecified atom stereocenters. The monoisotopic (exact) mass is 342 g/mol. The predicted molar refractivity (Wildman–Crippen MR) is 85.0 cm³/mol. The van der Waals surface area contributed by atoms with E-state index in [0.717, 1.165) is 29.3 Å². The van der Waals surface area contributed by atoms with Crippen LogP contribution in [-0.4, -0.2) is 6.03 Å². The highest BCUT2D eigenvalue weighted by atomic mass is 35.5. The summed E-state index contributed by atoms with van der Waals surface area (Å²) in [5.41, 5.74) is 1.59. The zero-order chi connectivity index (χ0) is 17.2. The molecule has 23 heavy (non-hydrogen) atoms. The van der Waals surface area contributed by atoms with Gasteiger partial charge >= 0.3 is 12.2 Å². The molecule has 2 amide bonds. The Labute approximate surface area is 136 Å². The van der Waals surface area contributed by atoms with Gasteiger partial charge in [0.15, 0.2) is 0 Å². The van der Waals surface area contributed by atoms with Crippen molar-refractivity contribution in [1.82, 2.24) is 0 Å². The van der Waals surface area contributed by atoms with E-state index in [1.165, 1.54) is 0 Å². The van der Waals surface area contributed by atoms with Crippen molar-refractivity contribution in [3.8, 4) is 0 Å². The van der Waals surface area contributed by atoms with Crippen LogP contribution in [0.4, 0.5) is 29.3 Å². The summed E-state index contributed by atoms with van der Waals surface area (Å²) < 4.78 is 38.1. The summed E-state index contributed by atoms with van der Waals surface area (Å²) in [7, 11) is 0. The van der Waals surface area contributed by atoms with E-state index in [1.54, 1.807) is 12.1 Å². The number of rotatable bonds is 2. The highest BCUT2D eigenvalue weighted by Crippen LogP contribution is 2.33. The third-order valence-corrected chi connectivity index (χ3v) is 3.64. The second-order valence-electron chi connectivity index (χ2n) is 5.07. The minimum Gasteiger partial charge on any atom is -0.308 e. The number of nitrogens with one attached hydrogen (secondary N) is 2. The lowest BCUT2D eigenvalue weighted by atomic mass is 10.1. The summed E-state index contributed by atoms with van der Waals surface area (Å²) in [6.45, 7) is 3.82. The normalized spacial score (nSPS) is 11.2. The van der Waals surface area contributed by atoms with Crippen molar-refractivity contribution in [3.05, 3.63) is 58.1 Å². The first-order valence-corrected chi connectivity index (χ1v) is 7.06. The van der Waals surface area contributed by atoms with E-state index in [4.69, 9.17) is 11.6 Å². The maximum Gasteiger partial charge on any atom is 0.416 e. The standard InChI is InChI=1S/C16H14ClF3N2O/c1-9-3-5-12(7-10(9)2)21-15(23)22-14-8-11(16(18,19)20)4-6-13(14)17/h3-8H,1-2H3,(H2,21,22,23). The van der Waals surface area contributed by atoms with Crippen molar-refractivity contribution in [1.29, 1.82) is 0 Å². The molecule has 0 aliphatic heterocycles. The van der Waals surface area contributed by atoms with E-state index in [1.807, 2.05) is 19.9 Å². The van der Waals surface area contributed by atoms with E-state index < -0.39 is 17.8 Å². The van der Waals surface area contributed by atoms with Crippen LogP contribution in [0.15, 0.2) is 36.4 Å². The van der Waals surface area contributed by atoms with Crippen LogP contribution in [0, 0.1) is 13.8 Å². The van der Waals surface area contributed by atoms with Crippen LogP contribution in [0.25, 0.3) is 0 Å². The van der Waals surface area contributed by atoms with Crippen molar-refractivity contribution in [3.63, 3.8) is 0 Å². The Morgan fingerprint density at radius 2 is 1.70 bits per heavy atom. The van der Waals surface area contributed by atoms with Crippen LogP contribution in [0.5, 0.6) is 0 Å². The maximum atomic E-state index is 12.7. The number of hydrogen-bond donors (Lipinski definition) is 2. The molecule has 0 atom stereocenters. The number of alkyl halides is 3. The molecule has 0 heterocycles. The van der Waals surface area contributed by atoms with Gasteiger partial charge in [-0.2, -0.15) is 13.2 Å². The van der Waals surface area contributed by atoms with Gasteiger partial charge in [-0.15, -0.1) is 0 Å². The summed E-state index contributed by atoms with van der Waals surface area (Å²) in [6, 6.07) is 7.38. The average Bonchev–Trinajstić information content (AvgIpc) is 2.44. The average molecular weight is 343 g/mol. The lowest BCUT2D eigenvalue weighted by molar-refractivity contribution is -0.137. The van der Waals surface area contributed by atoms with Gasteiger partial charge in [0.05, 0.1) is 16.3 Å². The number of halogens is 4. The minimum absolute atomic E-state index is 0.0215. The molecule has 0 radical (unpaired) electrons. The number of anilines is 2. The number of carbonyl (C=O) groups is 1. The van der Waals surface area contributed by atoms with Gasteiger partial charge in [-0.25, -0.2) is 4.79 Å². The first-order valence-electron chi connectivity index (χ1n) is 6.69. The second kappa shape index (κ2) is 6.50. The molecule has 2 aromatic carbocycles. The van der Waals surface area contributed by atoms with E-state index in [0.29, 0.717) is 5.69 Å². The fourth-order valence-electron chi connectivity index (χ4n) is 1.90. The molecule has 0 aliphatic carbocycles. The Kier molecular flexibility index (Phi) is 4.85. The third-order valence-electron chi connectivity index (χ3n) is 3.31. The van der Waals surface area contributed by atoms with E-state index in [2.05, 4.69) is 10.6 Å². The number of hydrogen-bond acceptors (Lipinski definition) is 1. The number of urea groups is 1. The predicted octanol–water partition coefficient (Wildman–Crippen LogP) is 5.62. The molecule has 0 saturated carbocycles. The molecule has 7 heteroatoms. The molecule has 0 spiro atoms. The third kappa shape index (κ3) is 4.39. The molecular formula is C16H14ClF3N2O. The van der Waals surface area contributed by atoms with Gasteiger partial charge in [-0.3, -0.25) is 0 Å². The Hall–Kier alpha value is -2.21. The Bertz CT molecular complexity index is 745. The first kappa shape index (κ1) is 17.1. The zero-order valence-corrected chi connectivity index (χ0v) is 13.1. The molecule has 0 bridgehead atoms. The summed E-state index contributed by atoms with van der Waals surface area (Å²) >= 11 is 5.83. The molecule has 2 aromatic rings. The smallest absolute Gasteiger partial charge is 0.308 e. The van der Waals surface area contributed by atoms with E-state index in [9.17, 15) is 18.0 Å². The zero-order valence-electron chi connectivity index (χ0n) is 12.4. The van der Waals surface area contributed by atoms with Crippen LogP contribution in [-0.2, 0) is 6.18 Å². The first-order chi connectivity index (χ1) is 10.7. The van der Waals surface area contributed by atoms with Crippen LogP contribution in [0.2, 0.25) is 5.02 Å². The van der Waals surface area contributed by atoms with Crippen molar-refractivity contribution in [2.45, 2.75) is 20.0 Å². The summed E-state index contributed by atoms with van der Waals surface area (Å²) in [5.74, 6) is 0. The molecule has 0 aromatic heterocycles. The summed E-state index contributed by atoms with van der Waals surface area (Å²) in [5, 5.41) is 4.90. The topological polar surface area (TPSA) is 41.1 Å². The van der Waals surface area contributed by atoms with E-state index >= 15 is 0 Å². The van der Waals surface area contributed by atoms with E-state index in [-0.39, 0.29) is 10.7 Å². The lowest BCUT2D eigenvalue weighted by Gasteiger charge is -2.13. The minimum atomic E-state index is -4.51. The van der Waals surface area contributed by atoms with Crippen LogP contribution in [0.3, 0.4) is 0 Å².